The van der Waals surface area contributed by atoms with Crippen molar-refractivity contribution in [2.24, 2.45) is 0 Å². The molecule has 0 aliphatic carbocycles. The van der Waals surface area contributed by atoms with Crippen molar-refractivity contribution in [3.05, 3.63) is 24.3 Å². The minimum Gasteiger partial charge on any atom is -0.492 e. The highest BCUT2D eigenvalue weighted by molar-refractivity contribution is 5.85. The summed E-state index contributed by atoms with van der Waals surface area (Å²) >= 11 is 0. The van der Waals surface area contributed by atoms with Crippen LogP contribution in [-0.2, 0) is 4.74 Å². The molecular weight excluding hydrogens is 278 g/mol. The fourth-order valence-electron chi connectivity index (χ4n) is 2.03. The first kappa shape index (κ1) is 17.1. The minimum absolute atomic E-state index is 0. The molecule has 20 heavy (non-hydrogen) atoms. The molecule has 0 spiro atoms. The molecule has 2 rings (SSSR count). The van der Waals surface area contributed by atoms with Crippen molar-refractivity contribution in [1.29, 1.82) is 0 Å². The van der Waals surface area contributed by atoms with E-state index < -0.39 is 0 Å². The number of hydrogen-bond donors (Lipinski definition) is 0. The van der Waals surface area contributed by atoms with Crippen molar-refractivity contribution in [2.45, 2.75) is 20.0 Å². The summed E-state index contributed by atoms with van der Waals surface area (Å²) in [5, 5.41) is 0. The van der Waals surface area contributed by atoms with E-state index in [-0.39, 0.29) is 18.5 Å². The Hall–Kier alpha value is -0.970. The van der Waals surface area contributed by atoms with Crippen LogP contribution in [0.15, 0.2) is 24.3 Å². The second-order valence-corrected chi connectivity index (χ2v) is 4.94. The zero-order valence-corrected chi connectivity index (χ0v) is 13.0. The van der Waals surface area contributed by atoms with Gasteiger partial charge in [0.25, 0.3) is 0 Å². The van der Waals surface area contributed by atoms with Gasteiger partial charge in [-0.3, -0.25) is 4.90 Å². The van der Waals surface area contributed by atoms with Gasteiger partial charge in [-0.1, -0.05) is 6.07 Å². The molecule has 0 atom stereocenters. The van der Waals surface area contributed by atoms with E-state index >= 15 is 0 Å². The van der Waals surface area contributed by atoms with Gasteiger partial charge in [0.2, 0.25) is 0 Å². The molecule has 1 fully saturated rings. The van der Waals surface area contributed by atoms with Gasteiger partial charge < -0.3 is 14.2 Å². The van der Waals surface area contributed by atoms with Gasteiger partial charge in [-0.2, -0.15) is 0 Å². The predicted molar refractivity (Wildman–Crippen MR) is 82.2 cm³/mol. The number of rotatable bonds is 6. The molecule has 0 unspecified atom stereocenters. The van der Waals surface area contributed by atoms with E-state index in [1.165, 1.54) is 0 Å². The molecule has 0 N–H and O–H groups in total. The molecule has 4 nitrogen and oxygen atoms in total. The molecule has 1 aliphatic rings. The maximum absolute atomic E-state index is 5.77. The third kappa shape index (κ3) is 5.99. The Morgan fingerprint density at radius 2 is 1.90 bits per heavy atom. The van der Waals surface area contributed by atoms with E-state index in [9.17, 15) is 0 Å². The van der Waals surface area contributed by atoms with Gasteiger partial charge in [0, 0.05) is 25.7 Å². The van der Waals surface area contributed by atoms with E-state index in [1.807, 2.05) is 38.1 Å². The maximum atomic E-state index is 5.77. The van der Waals surface area contributed by atoms with E-state index in [4.69, 9.17) is 14.2 Å². The summed E-state index contributed by atoms with van der Waals surface area (Å²) in [6.45, 7) is 9.34. The number of halogens is 1. The van der Waals surface area contributed by atoms with Crippen molar-refractivity contribution in [3.8, 4) is 11.5 Å². The van der Waals surface area contributed by atoms with Crippen LogP contribution in [0.5, 0.6) is 11.5 Å². The second kappa shape index (κ2) is 9.06. The molecule has 1 aromatic rings. The number of morpholine rings is 1. The molecule has 0 bridgehead atoms. The van der Waals surface area contributed by atoms with Gasteiger partial charge in [0.15, 0.2) is 0 Å². The van der Waals surface area contributed by atoms with Gasteiger partial charge in [-0.25, -0.2) is 0 Å². The summed E-state index contributed by atoms with van der Waals surface area (Å²) in [4.78, 5) is 2.36. The van der Waals surface area contributed by atoms with Crippen molar-refractivity contribution in [3.63, 3.8) is 0 Å². The third-order valence-electron chi connectivity index (χ3n) is 2.96. The number of nitrogens with zero attached hydrogens (tertiary/aromatic N) is 1. The van der Waals surface area contributed by atoms with Crippen molar-refractivity contribution >= 4 is 12.4 Å². The lowest BCUT2D eigenvalue weighted by atomic mass is 10.3. The molecular formula is C15H24ClNO3. The molecule has 1 heterocycles. The first-order valence-electron chi connectivity index (χ1n) is 6.93. The van der Waals surface area contributed by atoms with Gasteiger partial charge in [-0.05, 0) is 26.0 Å². The molecule has 1 aromatic carbocycles. The zero-order valence-electron chi connectivity index (χ0n) is 12.2. The summed E-state index contributed by atoms with van der Waals surface area (Å²) in [6, 6.07) is 7.82. The highest BCUT2D eigenvalue weighted by atomic mass is 35.5. The quantitative estimate of drug-likeness (QED) is 0.808. The van der Waals surface area contributed by atoms with E-state index in [2.05, 4.69) is 4.90 Å². The van der Waals surface area contributed by atoms with Crippen LogP contribution in [0.25, 0.3) is 0 Å². The van der Waals surface area contributed by atoms with Gasteiger partial charge in [0.05, 0.1) is 19.3 Å². The normalized spacial score (nSPS) is 15.8. The van der Waals surface area contributed by atoms with Crippen molar-refractivity contribution in [1.82, 2.24) is 4.90 Å². The topological polar surface area (TPSA) is 30.9 Å². The van der Waals surface area contributed by atoms with Gasteiger partial charge in [-0.15, -0.1) is 12.4 Å². The Labute approximate surface area is 127 Å². The number of hydrogen-bond acceptors (Lipinski definition) is 4. The highest BCUT2D eigenvalue weighted by Gasteiger charge is 2.09. The van der Waals surface area contributed by atoms with Gasteiger partial charge in [0.1, 0.15) is 18.1 Å². The molecule has 5 heteroatoms. The Kier molecular flexibility index (Phi) is 7.73. The van der Waals surface area contributed by atoms with Gasteiger partial charge >= 0.3 is 0 Å². The lowest BCUT2D eigenvalue weighted by Crippen LogP contribution is -2.38. The molecule has 0 saturated carbocycles. The van der Waals surface area contributed by atoms with E-state index in [0.717, 1.165) is 44.3 Å². The fourth-order valence-corrected chi connectivity index (χ4v) is 2.03. The van der Waals surface area contributed by atoms with Crippen molar-refractivity contribution in [2.75, 3.05) is 39.5 Å². The highest BCUT2D eigenvalue weighted by Crippen LogP contribution is 2.20. The Morgan fingerprint density at radius 3 is 2.60 bits per heavy atom. The average Bonchev–Trinajstić information content (AvgIpc) is 2.40. The van der Waals surface area contributed by atoms with Crippen molar-refractivity contribution < 1.29 is 14.2 Å². The minimum atomic E-state index is 0. The predicted octanol–water partition coefficient (Wildman–Crippen LogP) is 2.61. The molecule has 0 amide bonds. The standard InChI is InChI=1S/C15H23NO3.ClH/c1-13(2)19-15-5-3-4-14(12-15)18-11-8-16-6-9-17-10-7-16;/h3-5,12-13H,6-11H2,1-2H3;1H. The third-order valence-corrected chi connectivity index (χ3v) is 2.96. The van der Waals surface area contributed by atoms with Crippen LogP contribution in [0.3, 0.4) is 0 Å². The van der Waals surface area contributed by atoms with E-state index in [0.29, 0.717) is 6.61 Å². The van der Waals surface area contributed by atoms with Crippen LogP contribution < -0.4 is 9.47 Å². The first-order valence-corrected chi connectivity index (χ1v) is 6.93. The Bertz CT molecular complexity index is 381. The second-order valence-electron chi connectivity index (χ2n) is 4.94. The van der Waals surface area contributed by atoms with Crippen LogP contribution in [0.4, 0.5) is 0 Å². The summed E-state index contributed by atoms with van der Waals surface area (Å²) in [6.07, 6.45) is 0.184. The van der Waals surface area contributed by atoms with Crippen LogP contribution in [0.1, 0.15) is 13.8 Å². The first-order chi connectivity index (χ1) is 9.24. The number of ether oxygens (including phenoxy) is 3. The van der Waals surface area contributed by atoms with Crippen LogP contribution >= 0.6 is 12.4 Å². The largest absolute Gasteiger partial charge is 0.492 e. The summed E-state index contributed by atoms with van der Waals surface area (Å²) in [7, 11) is 0. The molecule has 1 saturated heterocycles. The smallest absolute Gasteiger partial charge is 0.123 e. The molecule has 0 aromatic heterocycles. The SMILES string of the molecule is CC(C)Oc1cccc(OCCN2CCOCC2)c1.Cl. The summed E-state index contributed by atoms with van der Waals surface area (Å²) in [5.41, 5.74) is 0. The lowest BCUT2D eigenvalue weighted by Gasteiger charge is -2.26. The van der Waals surface area contributed by atoms with Crippen LogP contribution in [0, 0.1) is 0 Å². The average molecular weight is 302 g/mol. The fraction of sp³-hybridized carbons (Fsp3) is 0.600. The maximum Gasteiger partial charge on any atom is 0.123 e. The summed E-state index contributed by atoms with van der Waals surface area (Å²) in [5.74, 6) is 1.73. The summed E-state index contributed by atoms with van der Waals surface area (Å²) < 4.78 is 16.7. The Balaban J connectivity index is 0.00000200. The zero-order chi connectivity index (χ0) is 13.5. The number of benzene rings is 1. The molecule has 1 aliphatic heterocycles. The molecule has 114 valence electrons. The van der Waals surface area contributed by atoms with Crippen LogP contribution in [-0.4, -0.2) is 50.5 Å². The van der Waals surface area contributed by atoms with Crippen LogP contribution in [0.2, 0.25) is 0 Å². The lowest BCUT2D eigenvalue weighted by molar-refractivity contribution is 0.0322. The monoisotopic (exact) mass is 301 g/mol. The van der Waals surface area contributed by atoms with E-state index in [1.54, 1.807) is 0 Å². The Morgan fingerprint density at radius 1 is 1.20 bits per heavy atom. The molecule has 0 radical (unpaired) electrons.